The van der Waals surface area contributed by atoms with E-state index in [4.69, 9.17) is 4.74 Å². The van der Waals surface area contributed by atoms with Crippen LogP contribution in [0.1, 0.15) is 23.9 Å². The second kappa shape index (κ2) is 4.77. The number of amides is 1. The van der Waals surface area contributed by atoms with Crippen molar-refractivity contribution in [1.82, 2.24) is 14.9 Å². The van der Waals surface area contributed by atoms with E-state index in [-0.39, 0.29) is 11.9 Å². The van der Waals surface area contributed by atoms with Crippen molar-refractivity contribution in [2.24, 2.45) is 0 Å². The number of imidazole rings is 1. The monoisotopic (exact) mass is 281 g/mol. The summed E-state index contributed by atoms with van der Waals surface area (Å²) >= 11 is 0. The molecule has 5 nitrogen and oxygen atoms in total. The zero-order chi connectivity index (χ0) is 14.2. The van der Waals surface area contributed by atoms with E-state index in [0.717, 1.165) is 35.7 Å². The number of nitrogens with zero attached hydrogens (tertiary/aromatic N) is 2. The van der Waals surface area contributed by atoms with Crippen molar-refractivity contribution in [2.75, 3.05) is 13.2 Å². The summed E-state index contributed by atoms with van der Waals surface area (Å²) < 4.78 is 7.73. The summed E-state index contributed by atoms with van der Waals surface area (Å²) in [7, 11) is 0. The van der Waals surface area contributed by atoms with Gasteiger partial charge in [-0.05, 0) is 18.6 Å². The number of nitrogens with one attached hydrogen (secondary N) is 1. The van der Waals surface area contributed by atoms with Gasteiger partial charge >= 0.3 is 0 Å². The van der Waals surface area contributed by atoms with Crippen molar-refractivity contribution >= 4 is 17.6 Å². The van der Waals surface area contributed by atoms with Gasteiger partial charge in [0, 0.05) is 30.1 Å². The van der Waals surface area contributed by atoms with Crippen molar-refractivity contribution in [3.05, 3.63) is 48.0 Å². The van der Waals surface area contributed by atoms with E-state index in [2.05, 4.69) is 16.4 Å². The second-order valence-electron chi connectivity index (χ2n) is 5.25. The molecule has 1 amide bonds. The molecule has 0 radical (unpaired) electrons. The molecule has 1 saturated heterocycles. The van der Waals surface area contributed by atoms with Gasteiger partial charge in [0.2, 0.25) is 5.91 Å². The quantitative estimate of drug-likeness (QED) is 0.914. The molecule has 3 heterocycles. The third-order valence-electron chi connectivity index (χ3n) is 3.94. The molecule has 2 aromatic rings. The average molecular weight is 281 g/mol. The highest BCUT2D eigenvalue weighted by Gasteiger charge is 2.28. The van der Waals surface area contributed by atoms with Gasteiger partial charge in [0.05, 0.1) is 0 Å². The topological polar surface area (TPSA) is 56.2 Å². The van der Waals surface area contributed by atoms with Gasteiger partial charge in [-0.25, -0.2) is 4.98 Å². The highest BCUT2D eigenvalue weighted by atomic mass is 16.5. The molecule has 2 aliphatic heterocycles. The molecule has 1 unspecified atom stereocenters. The van der Waals surface area contributed by atoms with Crippen LogP contribution >= 0.6 is 0 Å². The standard InChI is InChI=1S/C16H15N3O2/c20-16-13(5-6-18-16)19-8-7-17-15(19)12-9-11-3-1-2-4-14(11)21-10-12/h1-4,7-9,13H,5-6,10H2,(H,18,20). The fraction of sp³-hybridized carbons (Fsp3) is 0.250. The number of hydrogen-bond acceptors (Lipinski definition) is 3. The molecule has 1 atom stereocenters. The van der Waals surface area contributed by atoms with Crippen molar-refractivity contribution in [2.45, 2.75) is 12.5 Å². The van der Waals surface area contributed by atoms with Crippen LogP contribution in [0.3, 0.4) is 0 Å². The summed E-state index contributed by atoms with van der Waals surface area (Å²) in [5, 5.41) is 2.87. The summed E-state index contributed by atoms with van der Waals surface area (Å²) in [5.74, 6) is 1.76. The molecule has 106 valence electrons. The maximum Gasteiger partial charge on any atom is 0.243 e. The van der Waals surface area contributed by atoms with Gasteiger partial charge in [-0.15, -0.1) is 0 Å². The minimum absolute atomic E-state index is 0.0620. The Kier molecular flexibility index (Phi) is 2.77. The normalized spacial score (nSPS) is 20.5. The number of fused-ring (bicyclic) bond motifs is 1. The minimum atomic E-state index is -0.166. The van der Waals surface area contributed by atoms with Crippen LogP contribution in [-0.4, -0.2) is 28.6 Å². The predicted molar refractivity (Wildman–Crippen MR) is 78.7 cm³/mol. The molecule has 5 heteroatoms. The van der Waals surface area contributed by atoms with Gasteiger partial charge in [0.15, 0.2) is 0 Å². The lowest BCUT2D eigenvalue weighted by molar-refractivity contribution is -0.121. The minimum Gasteiger partial charge on any atom is -0.488 e. The second-order valence-corrected chi connectivity index (χ2v) is 5.25. The van der Waals surface area contributed by atoms with E-state index in [1.54, 1.807) is 6.20 Å². The van der Waals surface area contributed by atoms with E-state index < -0.39 is 0 Å². The number of ether oxygens (including phenoxy) is 1. The average Bonchev–Trinajstić information content (AvgIpc) is 3.15. The van der Waals surface area contributed by atoms with E-state index >= 15 is 0 Å². The molecule has 1 aromatic carbocycles. The number of carbonyl (C=O) groups excluding carboxylic acids is 1. The number of aromatic nitrogens is 2. The SMILES string of the molecule is O=C1NCCC1n1ccnc1C1=Cc2ccccc2OC1. The van der Waals surface area contributed by atoms with Gasteiger partial charge in [0.1, 0.15) is 24.2 Å². The van der Waals surface area contributed by atoms with Crippen molar-refractivity contribution < 1.29 is 9.53 Å². The lowest BCUT2D eigenvalue weighted by Gasteiger charge is -2.20. The van der Waals surface area contributed by atoms with Crippen LogP contribution in [0.4, 0.5) is 0 Å². The molecule has 21 heavy (non-hydrogen) atoms. The Bertz CT molecular complexity index is 733. The maximum absolute atomic E-state index is 11.9. The van der Waals surface area contributed by atoms with Crippen molar-refractivity contribution in [3.63, 3.8) is 0 Å². The number of hydrogen-bond donors (Lipinski definition) is 1. The van der Waals surface area contributed by atoms with E-state index in [0.29, 0.717) is 6.61 Å². The van der Waals surface area contributed by atoms with Crippen LogP contribution in [0.2, 0.25) is 0 Å². The summed E-state index contributed by atoms with van der Waals surface area (Å²) in [6.07, 6.45) is 6.49. The Morgan fingerprint density at radius 2 is 2.24 bits per heavy atom. The number of benzene rings is 1. The van der Waals surface area contributed by atoms with Crippen LogP contribution in [0, 0.1) is 0 Å². The molecular weight excluding hydrogens is 266 g/mol. The molecule has 0 saturated carbocycles. The van der Waals surface area contributed by atoms with Gasteiger partial charge in [-0.2, -0.15) is 0 Å². The van der Waals surface area contributed by atoms with Crippen molar-refractivity contribution in [1.29, 1.82) is 0 Å². The molecule has 1 fully saturated rings. The first-order valence-corrected chi connectivity index (χ1v) is 7.06. The van der Waals surface area contributed by atoms with Crippen LogP contribution < -0.4 is 10.1 Å². The number of para-hydroxylation sites is 1. The van der Waals surface area contributed by atoms with E-state index in [1.807, 2.05) is 35.0 Å². The largest absolute Gasteiger partial charge is 0.488 e. The molecule has 2 aliphatic rings. The summed E-state index contributed by atoms with van der Waals surface area (Å²) in [4.78, 5) is 16.3. The first-order chi connectivity index (χ1) is 10.3. The summed E-state index contributed by atoms with van der Waals surface area (Å²) in [6, 6.07) is 7.75. The Morgan fingerprint density at radius 1 is 1.33 bits per heavy atom. The van der Waals surface area contributed by atoms with Gasteiger partial charge in [-0.3, -0.25) is 4.79 Å². The van der Waals surface area contributed by atoms with Gasteiger partial charge in [0.25, 0.3) is 0 Å². The van der Waals surface area contributed by atoms with Crippen LogP contribution in [0.15, 0.2) is 36.7 Å². The van der Waals surface area contributed by atoms with Gasteiger partial charge < -0.3 is 14.6 Å². The van der Waals surface area contributed by atoms with Gasteiger partial charge in [-0.1, -0.05) is 18.2 Å². The zero-order valence-corrected chi connectivity index (χ0v) is 11.5. The highest BCUT2D eigenvalue weighted by molar-refractivity contribution is 5.86. The first-order valence-electron chi connectivity index (χ1n) is 7.06. The Balaban J connectivity index is 1.74. The fourth-order valence-electron chi connectivity index (χ4n) is 2.90. The number of carbonyl (C=O) groups is 1. The maximum atomic E-state index is 11.9. The predicted octanol–water partition coefficient (Wildman–Crippen LogP) is 1.88. The first kappa shape index (κ1) is 12.2. The Hall–Kier alpha value is -2.56. The fourth-order valence-corrected chi connectivity index (χ4v) is 2.90. The van der Waals surface area contributed by atoms with E-state index in [9.17, 15) is 4.79 Å². The van der Waals surface area contributed by atoms with Crippen LogP contribution in [0.5, 0.6) is 5.75 Å². The summed E-state index contributed by atoms with van der Waals surface area (Å²) in [6.45, 7) is 1.20. The smallest absolute Gasteiger partial charge is 0.243 e. The third kappa shape index (κ3) is 2.01. The highest BCUT2D eigenvalue weighted by Crippen LogP contribution is 2.31. The molecule has 0 bridgehead atoms. The Morgan fingerprint density at radius 3 is 3.10 bits per heavy atom. The zero-order valence-electron chi connectivity index (χ0n) is 11.5. The summed E-state index contributed by atoms with van der Waals surface area (Å²) in [5.41, 5.74) is 2.04. The molecule has 1 N–H and O–H groups in total. The van der Waals surface area contributed by atoms with Crippen LogP contribution in [0.25, 0.3) is 11.6 Å². The lowest BCUT2D eigenvalue weighted by Crippen LogP contribution is -2.23. The molecule has 0 spiro atoms. The molecule has 0 aliphatic carbocycles. The third-order valence-corrected chi connectivity index (χ3v) is 3.94. The number of rotatable bonds is 2. The van der Waals surface area contributed by atoms with Crippen LogP contribution in [-0.2, 0) is 4.79 Å². The molecule has 4 rings (SSSR count). The lowest BCUT2D eigenvalue weighted by atomic mass is 10.1. The molecule has 1 aromatic heterocycles. The van der Waals surface area contributed by atoms with E-state index in [1.165, 1.54) is 0 Å². The Labute approximate surface area is 122 Å². The van der Waals surface area contributed by atoms with Crippen molar-refractivity contribution in [3.8, 4) is 5.75 Å². The molecular formula is C16H15N3O2.